The quantitative estimate of drug-likeness (QED) is 0.513. The number of nitrogens with zero attached hydrogens (tertiary/aromatic N) is 2. The van der Waals surface area contributed by atoms with E-state index in [9.17, 15) is 10.1 Å². The number of halogens is 1. The lowest BCUT2D eigenvalue weighted by atomic mass is 10.3. The van der Waals surface area contributed by atoms with Crippen LogP contribution in [0.2, 0.25) is 5.02 Å². The SMILES string of the molecule is O=[N+]([O-])c1cc(Cl)ccc1Nc1n[nH]c(=S)s1. The first-order valence-electron chi connectivity index (χ1n) is 4.33. The van der Waals surface area contributed by atoms with Gasteiger partial charge in [-0.25, -0.2) is 0 Å². The van der Waals surface area contributed by atoms with E-state index in [4.69, 9.17) is 23.8 Å². The Morgan fingerprint density at radius 1 is 1.59 bits per heavy atom. The number of anilines is 2. The van der Waals surface area contributed by atoms with Crippen molar-refractivity contribution in [3.8, 4) is 0 Å². The fourth-order valence-corrected chi connectivity index (χ4v) is 2.13. The molecular formula is C8H5ClN4O2S2. The third-order valence-corrected chi connectivity index (χ3v) is 3.08. The first kappa shape index (κ1) is 12.0. The topological polar surface area (TPSA) is 83.8 Å². The predicted octanol–water partition coefficient (Wildman–Crippen LogP) is 3.51. The number of aromatic amines is 1. The van der Waals surface area contributed by atoms with Gasteiger partial charge in [0.2, 0.25) is 5.13 Å². The second kappa shape index (κ2) is 4.78. The number of aromatic nitrogens is 2. The highest BCUT2D eigenvalue weighted by Crippen LogP contribution is 2.30. The average molecular weight is 289 g/mol. The maximum atomic E-state index is 10.8. The van der Waals surface area contributed by atoms with Crippen LogP contribution in [-0.2, 0) is 0 Å². The molecule has 0 aliphatic heterocycles. The number of nitro groups is 1. The van der Waals surface area contributed by atoms with Crippen LogP contribution in [0.1, 0.15) is 0 Å². The summed E-state index contributed by atoms with van der Waals surface area (Å²) in [6, 6.07) is 4.35. The van der Waals surface area contributed by atoms with E-state index in [1.165, 1.54) is 23.5 Å². The zero-order valence-electron chi connectivity index (χ0n) is 8.14. The van der Waals surface area contributed by atoms with Crippen molar-refractivity contribution in [3.63, 3.8) is 0 Å². The maximum Gasteiger partial charge on any atom is 0.294 e. The molecule has 1 heterocycles. The average Bonchev–Trinajstić information content (AvgIpc) is 2.66. The molecule has 88 valence electrons. The van der Waals surface area contributed by atoms with Crippen LogP contribution in [0.25, 0.3) is 0 Å². The van der Waals surface area contributed by atoms with Gasteiger partial charge in [-0.15, -0.1) is 5.10 Å². The van der Waals surface area contributed by atoms with E-state index in [0.29, 0.717) is 19.8 Å². The van der Waals surface area contributed by atoms with E-state index < -0.39 is 4.92 Å². The maximum absolute atomic E-state index is 10.8. The van der Waals surface area contributed by atoms with Crippen molar-refractivity contribution in [3.05, 3.63) is 37.3 Å². The van der Waals surface area contributed by atoms with Crippen molar-refractivity contribution in [2.45, 2.75) is 0 Å². The number of rotatable bonds is 3. The van der Waals surface area contributed by atoms with Gasteiger partial charge in [0.25, 0.3) is 5.69 Å². The van der Waals surface area contributed by atoms with Gasteiger partial charge < -0.3 is 5.32 Å². The lowest BCUT2D eigenvalue weighted by molar-refractivity contribution is -0.383. The summed E-state index contributed by atoms with van der Waals surface area (Å²) in [6.07, 6.45) is 0. The highest BCUT2D eigenvalue weighted by molar-refractivity contribution is 7.73. The van der Waals surface area contributed by atoms with Gasteiger partial charge in [-0.3, -0.25) is 15.2 Å². The van der Waals surface area contributed by atoms with E-state index in [-0.39, 0.29) is 5.69 Å². The molecule has 2 N–H and O–H groups in total. The van der Waals surface area contributed by atoms with Crippen molar-refractivity contribution in [2.75, 3.05) is 5.32 Å². The van der Waals surface area contributed by atoms with Crippen molar-refractivity contribution < 1.29 is 4.92 Å². The van der Waals surface area contributed by atoms with Crippen LogP contribution in [0.3, 0.4) is 0 Å². The van der Waals surface area contributed by atoms with E-state index in [1.807, 2.05) is 0 Å². The molecule has 0 bridgehead atoms. The minimum absolute atomic E-state index is 0.112. The number of H-pyrrole nitrogens is 1. The minimum atomic E-state index is -0.514. The molecule has 0 unspecified atom stereocenters. The fourth-order valence-electron chi connectivity index (χ4n) is 1.16. The molecule has 0 fully saturated rings. The molecule has 0 radical (unpaired) electrons. The third kappa shape index (κ3) is 2.78. The molecule has 0 spiro atoms. The zero-order chi connectivity index (χ0) is 12.4. The summed E-state index contributed by atoms with van der Waals surface area (Å²) in [5.74, 6) is 0. The summed E-state index contributed by atoms with van der Waals surface area (Å²) in [6.45, 7) is 0. The minimum Gasteiger partial charge on any atom is -0.324 e. The molecule has 0 amide bonds. The van der Waals surface area contributed by atoms with Crippen LogP contribution >= 0.6 is 35.2 Å². The van der Waals surface area contributed by atoms with Gasteiger partial charge in [0, 0.05) is 11.1 Å². The van der Waals surface area contributed by atoms with Crippen molar-refractivity contribution in [2.24, 2.45) is 0 Å². The Morgan fingerprint density at radius 2 is 2.35 bits per heavy atom. The molecule has 2 aromatic rings. The molecule has 0 saturated carbocycles. The number of benzene rings is 1. The van der Waals surface area contributed by atoms with Gasteiger partial charge in [0.05, 0.1) is 4.92 Å². The van der Waals surface area contributed by atoms with E-state index >= 15 is 0 Å². The van der Waals surface area contributed by atoms with Crippen LogP contribution in [0.5, 0.6) is 0 Å². The Hall–Kier alpha value is -1.51. The number of nitro benzene ring substituents is 1. The molecule has 1 aromatic heterocycles. The Balaban J connectivity index is 2.38. The molecule has 0 saturated heterocycles. The Bertz CT molecular complexity index is 624. The predicted molar refractivity (Wildman–Crippen MR) is 68.7 cm³/mol. The zero-order valence-corrected chi connectivity index (χ0v) is 10.5. The van der Waals surface area contributed by atoms with Gasteiger partial charge in [0.1, 0.15) is 5.69 Å². The van der Waals surface area contributed by atoms with Crippen molar-refractivity contribution in [1.29, 1.82) is 0 Å². The fraction of sp³-hybridized carbons (Fsp3) is 0. The molecule has 9 heteroatoms. The van der Waals surface area contributed by atoms with Crippen LogP contribution in [0.4, 0.5) is 16.5 Å². The monoisotopic (exact) mass is 288 g/mol. The van der Waals surface area contributed by atoms with Crippen molar-refractivity contribution in [1.82, 2.24) is 10.2 Å². The Labute approximate surface area is 109 Å². The second-order valence-corrected chi connectivity index (χ2v) is 5.06. The molecule has 2 rings (SSSR count). The van der Waals surface area contributed by atoms with Gasteiger partial charge >= 0.3 is 0 Å². The molecule has 6 nitrogen and oxygen atoms in total. The highest BCUT2D eigenvalue weighted by Gasteiger charge is 2.15. The van der Waals surface area contributed by atoms with Crippen LogP contribution < -0.4 is 5.32 Å². The summed E-state index contributed by atoms with van der Waals surface area (Å²) in [7, 11) is 0. The smallest absolute Gasteiger partial charge is 0.294 e. The standard InChI is InChI=1S/C8H5ClN4O2S2/c9-4-1-2-5(6(3-4)13(14)15)10-7-11-12-8(16)17-7/h1-3H,(H,10,11)(H,12,16). The number of hydrogen-bond acceptors (Lipinski definition) is 6. The molecule has 0 atom stereocenters. The highest BCUT2D eigenvalue weighted by atomic mass is 35.5. The summed E-state index contributed by atoms with van der Waals surface area (Å²) in [5.41, 5.74) is 0.204. The van der Waals surface area contributed by atoms with Gasteiger partial charge in [-0.05, 0) is 24.4 Å². The molecule has 0 aliphatic carbocycles. The van der Waals surface area contributed by atoms with Crippen LogP contribution in [-0.4, -0.2) is 15.1 Å². The molecule has 0 aliphatic rings. The number of hydrogen-bond donors (Lipinski definition) is 2. The van der Waals surface area contributed by atoms with Crippen molar-refractivity contribution >= 4 is 51.7 Å². The van der Waals surface area contributed by atoms with E-state index in [1.54, 1.807) is 6.07 Å². The largest absolute Gasteiger partial charge is 0.324 e. The van der Waals surface area contributed by atoms with Gasteiger partial charge in [-0.2, -0.15) is 0 Å². The number of nitrogens with one attached hydrogen (secondary N) is 2. The van der Waals surface area contributed by atoms with E-state index in [0.717, 1.165) is 0 Å². The van der Waals surface area contributed by atoms with E-state index in [2.05, 4.69) is 15.5 Å². The van der Waals surface area contributed by atoms with Crippen LogP contribution in [0.15, 0.2) is 18.2 Å². The van der Waals surface area contributed by atoms with Crippen LogP contribution in [0, 0.1) is 14.1 Å². The summed E-state index contributed by atoms with van der Waals surface area (Å²) in [5, 5.41) is 20.8. The Kier molecular flexibility index (Phi) is 3.36. The molecular weight excluding hydrogens is 284 g/mol. The molecule has 1 aromatic carbocycles. The lowest BCUT2D eigenvalue weighted by Gasteiger charge is -2.03. The van der Waals surface area contributed by atoms with Gasteiger partial charge in [-0.1, -0.05) is 22.9 Å². The summed E-state index contributed by atoms with van der Waals surface area (Å²) in [4.78, 5) is 10.3. The Morgan fingerprint density at radius 3 is 2.94 bits per heavy atom. The summed E-state index contributed by atoms with van der Waals surface area (Å²) >= 11 is 11.7. The molecule has 17 heavy (non-hydrogen) atoms. The van der Waals surface area contributed by atoms with Gasteiger partial charge in [0.15, 0.2) is 3.95 Å². The lowest BCUT2D eigenvalue weighted by Crippen LogP contribution is -1.96. The first-order chi connectivity index (χ1) is 8.06. The normalized spacial score (nSPS) is 10.2. The third-order valence-electron chi connectivity index (χ3n) is 1.84. The summed E-state index contributed by atoms with van der Waals surface area (Å²) < 4.78 is 0.490. The first-order valence-corrected chi connectivity index (χ1v) is 5.93. The second-order valence-electron chi connectivity index (χ2n) is 2.96.